The molecule has 3 aromatic rings. The molecule has 0 fully saturated rings. The summed E-state index contributed by atoms with van der Waals surface area (Å²) in [6.07, 6.45) is 0.0929. The van der Waals surface area contributed by atoms with E-state index >= 15 is 0 Å². The van der Waals surface area contributed by atoms with Crippen molar-refractivity contribution in [2.24, 2.45) is 7.05 Å². The summed E-state index contributed by atoms with van der Waals surface area (Å²) in [6, 6.07) is 9.73. The Kier molecular flexibility index (Phi) is 3.04. The number of pyridine rings is 1. The quantitative estimate of drug-likeness (QED) is 0.501. The molecule has 0 radical (unpaired) electrons. The van der Waals surface area contributed by atoms with Gasteiger partial charge in [-0.25, -0.2) is 4.57 Å². The molecular formula is C24H30N+. The van der Waals surface area contributed by atoms with Crippen LogP contribution in [0.4, 0.5) is 0 Å². The average Bonchev–Trinajstić information content (AvgIpc) is 2.68. The molecule has 1 unspecified atom stereocenters. The maximum atomic E-state index is 8.58. The van der Waals surface area contributed by atoms with Gasteiger partial charge in [-0.1, -0.05) is 45.8 Å². The fourth-order valence-corrected chi connectivity index (χ4v) is 3.26. The first-order chi connectivity index (χ1) is 14.2. The molecule has 1 atom stereocenters. The number of benzene rings is 2. The van der Waals surface area contributed by atoms with Crippen LogP contribution in [0.5, 0.6) is 0 Å². The van der Waals surface area contributed by atoms with Crippen molar-refractivity contribution in [2.45, 2.75) is 53.3 Å². The molecule has 0 spiro atoms. The summed E-state index contributed by atoms with van der Waals surface area (Å²) < 4.78 is 50.9. The van der Waals surface area contributed by atoms with E-state index in [1.54, 1.807) is 23.7 Å². The Labute approximate surface area is 160 Å². The second kappa shape index (κ2) is 6.63. The lowest BCUT2D eigenvalue weighted by atomic mass is 9.90. The molecular weight excluding hydrogens is 302 g/mol. The Hall–Kier alpha value is -2.15. The molecule has 0 saturated heterocycles. The maximum absolute atomic E-state index is 8.58. The van der Waals surface area contributed by atoms with Gasteiger partial charge >= 0.3 is 0 Å². The Morgan fingerprint density at radius 3 is 2.52 bits per heavy atom. The normalized spacial score (nSPS) is 18.0. The minimum absolute atomic E-state index is 0.0929. The third-order valence-electron chi connectivity index (χ3n) is 5.01. The molecule has 1 aromatic heterocycles. The highest BCUT2D eigenvalue weighted by molar-refractivity contribution is 5.94. The van der Waals surface area contributed by atoms with Crippen molar-refractivity contribution in [3.63, 3.8) is 0 Å². The summed E-state index contributed by atoms with van der Waals surface area (Å²) >= 11 is 0. The molecule has 0 saturated carbocycles. The van der Waals surface area contributed by atoms with Gasteiger partial charge in [-0.05, 0) is 65.4 Å². The van der Waals surface area contributed by atoms with Crippen molar-refractivity contribution in [2.75, 3.05) is 0 Å². The van der Waals surface area contributed by atoms with Gasteiger partial charge in [0.25, 0.3) is 0 Å². The van der Waals surface area contributed by atoms with E-state index in [1.807, 2.05) is 32.0 Å². The van der Waals surface area contributed by atoms with E-state index in [0.29, 0.717) is 16.9 Å². The third kappa shape index (κ3) is 3.20. The molecule has 1 heteroatoms. The molecule has 0 bridgehead atoms. The van der Waals surface area contributed by atoms with Gasteiger partial charge in [0.2, 0.25) is 5.69 Å². The summed E-state index contributed by atoms with van der Waals surface area (Å²) in [5.41, 5.74) is 4.92. The van der Waals surface area contributed by atoms with Crippen molar-refractivity contribution in [3.8, 4) is 11.3 Å². The molecule has 0 aliphatic rings. The van der Waals surface area contributed by atoms with Gasteiger partial charge in [-0.3, -0.25) is 0 Å². The largest absolute Gasteiger partial charge is 0.220 e. The van der Waals surface area contributed by atoms with E-state index in [-0.39, 0.29) is 12.2 Å². The van der Waals surface area contributed by atoms with Gasteiger partial charge in [-0.15, -0.1) is 0 Å². The zero-order valence-electron chi connectivity index (χ0n) is 21.9. The number of aryl methyl sites for hydroxylation is 1. The van der Waals surface area contributed by atoms with Crippen molar-refractivity contribution >= 4 is 10.8 Å². The van der Waals surface area contributed by atoms with Crippen molar-refractivity contribution in [3.05, 3.63) is 64.8 Å². The minimum Gasteiger partial charge on any atom is -0.200 e. The SMILES string of the molecule is [2H]c1c([2H])[n+](C)c(-c2cc(C([2H])(C)C([2H])([2H])[2H])cc(C)c2C)c2ccc(C(C)C)cc12. The molecule has 1 heterocycles. The summed E-state index contributed by atoms with van der Waals surface area (Å²) in [5, 5.41) is 1.55. The monoisotopic (exact) mass is 338 g/mol. The number of nitrogens with zero attached hydrogens (tertiary/aromatic N) is 1. The van der Waals surface area contributed by atoms with E-state index in [4.69, 9.17) is 8.22 Å². The predicted molar refractivity (Wildman–Crippen MR) is 108 cm³/mol. The van der Waals surface area contributed by atoms with Crippen LogP contribution in [0.25, 0.3) is 22.0 Å². The lowest BCUT2D eigenvalue weighted by Crippen LogP contribution is -2.31. The van der Waals surface area contributed by atoms with Gasteiger partial charge in [0.15, 0.2) is 6.17 Å². The first kappa shape index (κ1) is 11.5. The molecule has 0 aliphatic heterocycles. The minimum atomic E-state index is -2.48. The molecule has 0 N–H and O–H groups in total. The van der Waals surface area contributed by atoms with Crippen LogP contribution in [0.3, 0.4) is 0 Å². The first-order valence-electron chi connectivity index (χ1n) is 11.7. The van der Waals surface area contributed by atoms with Crippen LogP contribution in [0.15, 0.2) is 42.5 Å². The average molecular weight is 339 g/mol. The van der Waals surface area contributed by atoms with Crippen LogP contribution in [0.1, 0.15) is 69.9 Å². The highest BCUT2D eigenvalue weighted by Crippen LogP contribution is 2.33. The Bertz CT molecular complexity index is 1180. The number of fused-ring (bicyclic) bond motifs is 1. The molecule has 3 rings (SSSR count). The third-order valence-corrected chi connectivity index (χ3v) is 5.01. The lowest BCUT2D eigenvalue weighted by Gasteiger charge is -2.15. The van der Waals surface area contributed by atoms with Crippen LogP contribution in [-0.2, 0) is 7.05 Å². The van der Waals surface area contributed by atoms with Crippen molar-refractivity contribution < 1.29 is 12.8 Å². The number of rotatable bonds is 3. The van der Waals surface area contributed by atoms with E-state index in [9.17, 15) is 0 Å². The molecule has 0 amide bonds. The van der Waals surface area contributed by atoms with E-state index in [2.05, 4.69) is 13.8 Å². The van der Waals surface area contributed by atoms with Gasteiger partial charge in [0.1, 0.15) is 8.42 Å². The number of hydrogen-bond acceptors (Lipinski definition) is 0. The fraction of sp³-hybridized carbons (Fsp3) is 0.375. The van der Waals surface area contributed by atoms with Gasteiger partial charge < -0.3 is 0 Å². The maximum Gasteiger partial charge on any atom is 0.220 e. The van der Waals surface area contributed by atoms with E-state index in [0.717, 1.165) is 33.3 Å². The molecule has 0 aliphatic carbocycles. The second-order valence-corrected chi connectivity index (χ2v) is 7.19. The second-order valence-electron chi connectivity index (χ2n) is 7.19. The standard InChI is InChI=1S/C24H30N/c1-15(2)19-8-9-22-20(13-19)10-11-25(7)24(22)23-14-21(16(3)4)12-17(5)18(23)6/h8-16H,1-7H3/q+1/i3D3,10D,11D,16D. The summed E-state index contributed by atoms with van der Waals surface area (Å²) in [4.78, 5) is 0. The smallest absolute Gasteiger partial charge is 0.200 e. The number of hydrogen-bond donors (Lipinski definition) is 0. The zero-order chi connectivity index (χ0) is 23.5. The Morgan fingerprint density at radius 2 is 1.84 bits per heavy atom. The van der Waals surface area contributed by atoms with Crippen LogP contribution in [-0.4, -0.2) is 0 Å². The summed E-state index contributed by atoms with van der Waals surface area (Å²) in [7, 11) is 1.76. The first-order valence-corrected chi connectivity index (χ1v) is 8.73. The fourth-order valence-electron chi connectivity index (χ4n) is 3.26. The van der Waals surface area contributed by atoms with Crippen LogP contribution in [0.2, 0.25) is 0 Å². The van der Waals surface area contributed by atoms with E-state index < -0.39 is 12.7 Å². The zero-order valence-corrected chi connectivity index (χ0v) is 15.9. The lowest BCUT2D eigenvalue weighted by molar-refractivity contribution is -0.659. The molecule has 130 valence electrons. The van der Waals surface area contributed by atoms with Crippen LogP contribution >= 0.6 is 0 Å². The highest BCUT2D eigenvalue weighted by Gasteiger charge is 2.19. The topological polar surface area (TPSA) is 3.88 Å². The Balaban J connectivity index is 2.44. The van der Waals surface area contributed by atoms with Crippen molar-refractivity contribution in [1.82, 2.24) is 0 Å². The molecule has 2 aromatic carbocycles. The number of aromatic nitrogens is 1. The van der Waals surface area contributed by atoms with Gasteiger partial charge in [0, 0.05) is 11.5 Å². The predicted octanol–water partition coefficient (Wildman–Crippen LogP) is 6.19. The van der Waals surface area contributed by atoms with Crippen LogP contribution < -0.4 is 4.57 Å². The summed E-state index contributed by atoms with van der Waals surface area (Å²) in [5.74, 6) is -1.47. The summed E-state index contributed by atoms with van der Waals surface area (Å²) in [6.45, 7) is 7.01. The van der Waals surface area contributed by atoms with E-state index in [1.165, 1.54) is 6.92 Å². The van der Waals surface area contributed by atoms with Crippen LogP contribution in [0, 0.1) is 13.8 Å². The Morgan fingerprint density at radius 1 is 1.08 bits per heavy atom. The molecule has 25 heavy (non-hydrogen) atoms. The van der Waals surface area contributed by atoms with Crippen molar-refractivity contribution in [1.29, 1.82) is 0 Å². The highest BCUT2D eigenvalue weighted by atomic mass is 14.9. The van der Waals surface area contributed by atoms with Gasteiger partial charge in [-0.2, -0.15) is 0 Å². The molecule has 1 nitrogen and oxygen atoms in total. The van der Waals surface area contributed by atoms with Gasteiger partial charge in [0.05, 0.1) is 12.3 Å².